The molecule has 2 aromatic rings. The minimum Gasteiger partial charge on any atom is -0.495 e. The lowest BCUT2D eigenvalue weighted by Gasteiger charge is -2.56. The number of amides is 2. The Morgan fingerprint density at radius 2 is 1.86 bits per heavy atom. The maximum absolute atomic E-state index is 14.4. The van der Waals surface area contributed by atoms with Crippen LogP contribution in [0.2, 0.25) is 0 Å². The van der Waals surface area contributed by atoms with Gasteiger partial charge in [0.1, 0.15) is 22.5 Å². The summed E-state index contributed by atoms with van der Waals surface area (Å²) in [7, 11) is -2.90. The van der Waals surface area contributed by atoms with Gasteiger partial charge in [0, 0.05) is 25.4 Å². The highest BCUT2D eigenvalue weighted by Gasteiger charge is 2.62. The summed E-state index contributed by atoms with van der Waals surface area (Å²) in [5.41, 5.74) is 1.33. The smallest absolute Gasteiger partial charge is 0.246 e. The van der Waals surface area contributed by atoms with Crippen molar-refractivity contribution >= 4 is 21.7 Å². The van der Waals surface area contributed by atoms with E-state index in [4.69, 9.17) is 4.74 Å². The van der Waals surface area contributed by atoms with E-state index in [1.54, 1.807) is 45.0 Å². The average molecular weight is 504 g/mol. The molecular weight excluding hydrogens is 473 g/mol. The van der Waals surface area contributed by atoms with Crippen LogP contribution in [0.15, 0.2) is 47.4 Å². The van der Waals surface area contributed by atoms with E-state index >= 15 is 0 Å². The molecule has 0 spiro atoms. The van der Waals surface area contributed by atoms with Crippen LogP contribution < -0.4 is 10.1 Å². The number of nitrogens with zero attached hydrogens (tertiary/aromatic N) is 2. The van der Waals surface area contributed by atoms with Gasteiger partial charge in [-0.05, 0) is 56.2 Å². The van der Waals surface area contributed by atoms with Gasteiger partial charge in [0.2, 0.25) is 26.6 Å². The van der Waals surface area contributed by atoms with Crippen molar-refractivity contribution in [2.75, 3.05) is 20.2 Å². The van der Waals surface area contributed by atoms with Crippen LogP contribution in [0.25, 0.3) is 0 Å². The summed E-state index contributed by atoms with van der Waals surface area (Å²) in [6.07, 6.45) is 0.106. The molecule has 2 amide bonds. The molecule has 0 aliphatic carbocycles. The van der Waals surface area contributed by atoms with E-state index in [0.717, 1.165) is 0 Å². The number of carbonyl (C=O) groups is 2. The summed E-state index contributed by atoms with van der Waals surface area (Å²) in [5.74, 6) is -1.04. The molecule has 10 heteroatoms. The van der Waals surface area contributed by atoms with Gasteiger partial charge in [-0.25, -0.2) is 12.8 Å². The van der Waals surface area contributed by atoms with Crippen molar-refractivity contribution in [2.45, 2.75) is 55.6 Å². The van der Waals surface area contributed by atoms with Crippen molar-refractivity contribution in [3.63, 3.8) is 0 Å². The zero-order valence-corrected chi connectivity index (χ0v) is 21.1. The highest BCUT2D eigenvalue weighted by molar-refractivity contribution is 7.93. The molecule has 2 aliphatic rings. The van der Waals surface area contributed by atoms with E-state index in [1.807, 2.05) is 0 Å². The minimum atomic E-state index is -4.29. The number of hydrogen-bond donors (Lipinski definition) is 1. The molecule has 4 rings (SSSR count). The third-order valence-corrected chi connectivity index (χ3v) is 8.94. The van der Waals surface area contributed by atoms with Crippen LogP contribution in [0.3, 0.4) is 0 Å². The number of piperazine rings is 1. The average Bonchev–Trinajstić information content (AvgIpc) is 2.81. The number of carbonyl (C=O) groups excluding carboxylic acids is 2. The molecule has 0 bridgehead atoms. The number of ether oxygens (including phenoxy) is 1. The van der Waals surface area contributed by atoms with Gasteiger partial charge >= 0.3 is 0 Å². The van der Waals surface area contributed by atoms with E-state index in [0.29, 0.717) is 11.1 Å². The zero-order chi connectivity index (χ0) is 25.5. The molecule has 188 valence electrons. The molecule has 2 fully saturated rings. The standard InChI is InChI=1S/C25H30FN3O5S/c1-16(2)28-15-25(35(32,33)22-13-17(3)5-10-21(22)34-4)27-12-11-23(30)29(25)20(24(28)31)14-18-6-8-19(26)9-7-18/h5-10,13,16,20,27H,11-12,14-15H2,1-4H3. The number of rotatable bonds is 6. The lowest BCUT2D eigenvalue weighted by Crippen LogP contribution is -2.80. The summed E-state index contributed by atoms with van der Waals surface area (Å²) in [6, 6.07) is 9.09. The van der Waals surface area contributed by atoms with E-state index in [1.165, 1.54) is 35.1 Å². The van der Waals surface area contributed by atoms with Gasteiger partial charge in [0.05, 0.1) is 13.7 Å². The molecule has 2 aromatic carbocycles. The second kappa shape index (κ2) is 9.23. The van der Waals surface area contributed by atoms with Gasteiger partial charge in [-0.3, -0.25) is 19.8 Å². The van der Waals surface area contributed by atoms with Gasteiger partial charge in [0.25, 0.3) is 0 Å². The molecule has 2 atom stereocenters. The molecule has 0 radical (unpaired) electrons. The fourth-order valence-electron chi connectivity index (χ4n) is 4.88. The first kappa shape index (κ1) is 25.1. The van der Waals surface area contributed by atoms with Crippen molar-refractivity contribution < 1.29 is 27.1 Å². The van der Waals surface area contributed by atoms with Crippen LogP contribution in [-0.2, 0) is 25.8 Å². The predicted octanol–water partition coefficient (Wildman–Crippen LogP) is 2.25. The Kier molecular flexibility index (Phi) is 6.63. The van der Waals surface area contributed by atoms with Gasteiger partial charge in [0.15, 0.2) is 0 Å². The fraction of sp³-hybridized carbons (Fsp3) is 0.440. The van der Waals surface area contributed by atoms with Crippen LogP contribution in [0.1, 0.15) is 31.4 Å². The summed E-state index contributed by atoms with van der Waals surface area (Å²) in [5, 5.41) is 3.11. The van der Waals surface area contributed by atoms with E-state index in [-0.39, 0.29) is 48.5 Å². The van der Waals surface area contributed by atoms with Gasteiger partial charge in [-0.15, -0.1) is 0 Å². The van der Waals surface area contributed by atoms with E-state index < -0.39 is 32.6 Å². The first-order chi connectivity index (χ1) is 16.5. The first-order valence-corrected chi connectivity index (χ1v) is 13.0. The third kappa shape index (κ3) is 4.18. The minimum absolute atomic E-state index is 0.0502. The molecule has 0 saturated carbocycles. The number of nitrogens with one attached hydrogen (secondary N) is 1. The summed E-state index contributed by atoms with van der Waals surface area (Å²) >= 11 is 0. The Balaban J connectivity index is 1.92. The topological polar surface area (TPSA) is 96.0 Å². The summed E-state index contributed by atoms with van der Waals surface area (Å²) in [6.45, 7) is 5.30. The quantitative estimate of drug-likeness (QED) is 0.650. The molecule has 8 nitrogen and oxygen atoms in total. The van der Waals surface area contributed by atoms with Gasteiger partial charge < -0.3 is 9.64 Å². The maximum Gasteiger partial charge on any atom is 0.246 e. The number of fused-ring (bicyclic) bond motifs is 1. The Morgan fingerprint density at radius 1 is 1.17 bits per heavy atom. The number of hydrogen-bond acceptors (Lipinski definition) is 6. The van der Waals surface area contributed by atoms with Crippen LogP contribution in [0, 0.1) is 12.7 Å². The first-order valence-electron chi connectivity index (χ1n) is 11.5. The predicted molar refractivity (Wildman–Crippen MR) is 128 cm³/mol. The Bertz CT molecular complexity index is 1250. The molecule has 2 heterocycles. The molecular formula is C25H30FN3O5S. The third-order valence-electron chi connectivity index (χ3n) is 6.68. The largest absolute Gasteiger partial charge is 0.495 e. The molecule has 2 unspecified atom stereocenters. The molecule has 2 saturated heterocycles. The lowest BCUT2D eigenvalue weighted by atomic mass is 9.97. The Labute approximate surface area is 205 Å². The van der Waals surface area contributed by atoms with Crippen molar-refractivity contribution in [2.24, 2.45) is 0 Å². The second-order valence-electron chi connectivity index (χ2n) is 9.29. The number of benzene rings is 2. The number of halogens is 1. The highest BCUT2D eigenvalue weighted by Crippen LogP contribution is 2.40. The number of aryl methyl sites for hydroxylation is 1. The fourth-order valence-corrected chi connectivity index (χ4v) is 7.10. The summed E-state index contributed by atoms with van der Waals surface area (Å²) in [4.78, 5) is 27.8. The molecule has 2 aliphatic heterocycles. The number of methoxy groups -OCH3 is 1. The van der Waals surface area contributed by atoms with Gasteiger partial charge in [-0.2, -0.15) is 0 Å². The zero-order valence-electron chi connectivity index (χ0n) is 20.2. The van der Waals surface area contributed by atoms with Crippen LogP contribution in [-0.4, -0.2) is 67.3 Å². The lowest BCUT2D eigenvalue weighted by molar-refractivity contribution is -0.165. The van der Waals surface area contributed by atoms with Crippen molar-refractivity contribution in [3.8, 4) is 5.75 Å². The summed E-state index contributed by atoms with van der Waals surface area (Å²) < 4.78 is 47.7. The highest BCUT2D eigenvalue weighted by atomic mass is 32.2. The Morgan fingerprint density at radius 3 is 2.49 bits per heavy atom. The molecule has 0 aromatic heterocycles. The van der Waals surface area contributed by atoms with Crippen LogP contribution in [0.4, 0.5) is 4.39 Å². The van der Waals surface area contributed by atoms with Gasteiger partial charge in [-0.1, -0.05) is 18.2 Å². The van der Waals surface area contributed by atoms with E-state index in [2.05, 4.69) is 5.32 Å². The van der Waals surface area contributed by atoms with Crippen molar-refractivity contribution in [1.29, 1.82) is 0 Å². The maximum atomic E-state index is 14.4. The van der Waals surface area contributed by atoms with E-state index in [9.17, 15) is 22.4 Å². The SMILES string of the molecule is COc1ccc(C)cc1S(=O)(=O)C12CN(C(C)C)C(=O)C(Cc3ccc(F)cc3)N1C(=O)CCN2. The number of sulfone groups is 1. The monoisotopic (exact) mass is 503 g/mol. The van der Waals surface area contributed by atoms with Crippen molar-refractivity contribution in [1.82, 2.24) is 15.1 Å². The van der Waals surface area contributed by atoms with Crippen molar-refractivity contribution in [3.05, 3.63) is 59.4 Å². The normalized spacial score (nSPS) is 23.0. The molecule has 35 heavy (non-hydrogen) atoms. The second-order valence-corrected chi connectivity index (χ2v) is 11.4. The Hall–Kier alpha value is -2.98. The molecule has 1 N–H and O–H groups in total. The van der Waals surface area contributed by atoms with Crippen LogP contribution >= 0.6 is 0 Å². The van der Waals surface area contributed by atoms with Crippen LogP contribution in [0.5, 0.6) is 5.75 Å².